The number of ether oxygens (including phenoxy) is 1. The van der Waals surface area contributed by atoms with Crippen molar-refractivity contribution in [3.8, 4) is 0 Å². The molecule has 0 saturated heterocycles. The van der Waals surface area contributed by atoms with Crippen molar-refractivity contribution in [1.82, 2.24) is 0 Å². The van der Waals surface area contributed by atoms with Crippen molar-refractivity contribution in [3.05, 3.63) is 69.8 Å². The summed E-state index contributed by atoms with van der Waals surface area (Å²) in [6, 6.07) is 10.6. The maximum atomic E-state index is 12.2. The third-order valence-electron chi connectivity index (χ3n) is 4.84. The Kier molecular flexibility index (Phi) is 6.78. The molecule has 156 valence electrons. The molecule has 29 heavy (non-hydrogen) atoms. The highest BCUT2D eigenvalue weighted by Crippen LogP contribution is 2.20. The molecular weight excluding hydrogens is 368 g/mol. The van der Waals surface area contributed by atoms with Crippen LogP contribution in [0.5, 0.6) is 0 Å². The van der Waals surface area contributed by atoms with E-state index in [1.807, 2.05) is 26.0 Å². The number of ketones is 2. The number of benzene rings is 2. The molecule has 0 unspecified atom stereocenters. The Hall–Kier alpha value is -2.34. The lowest BCUT2D eigenvalue weighted by Gasteiger charge is -2.17. The van der Waals surface area contributed by atoms with E-state index < -0.39 is 11.2 Å². The molecule has 0 radical (unpaired) electrons. The summed E-state index contributed by atoms with van der Waals surface area (Å²) in [4.78, 5) is 24.4. The number of rotatable bonds is 8. The Bertz CT molecular complexity index is 838. The molecule has 0 aliphatic rings. The van der Waals surface area contributed by atoms with Crippen molar-refractivity contribution in [1.29, 1.82) is 0 Å². The average Bonchev–Trinajstić information content (AvgIpc) is 2.61. The van der Waals surface area contributed by atoms with Crippen LogP contribution in [0, 0.1) is 13.8 Å². The largest absolute Gasteiger partial charge is 0.382 e. The Morgan fingerprint density at radius 3 is 1.38 bits per heavy atom. The number of aryl methyl sites for hydroxylation is 2. The summed E-state index contributed by atoms with van der Waals surface area (Å²) in [7, 11) is 0. The third kappa shape index (κ3) is 5.82. The quantitative estimate of drug-likeness (QED) is 0.658. The number of carbonyl (C=O) groups is 2. The van der Waals surface area contributed by atoms with Crippen molar-refractivity contribution < 1.29 is 24.5 Å². The van der Waals surface area contributed by atoms with Crippen LogP contribution >= 0.6 is 0 Å². The van der Waals surface area contributed by atoms with Crippen LogP contribution in [-0.2, 0) is 18.0 Å². The Labute approximate surface area is 172 Å². The molecule has 2 rings (SSSR count). The molecule has 0 aliphatic carbocycles. The minimum absolute atomic E-state index is 0.315. The van der Waals surface area contributed by atoms with Crippen LogP contribution in [0.25, 0.3) is 0 Å². The van der Waals surface area contributed by atoms with E-state index in [4.69, 9.17) is 4.74 Å². The van der Waals surface area contributed by atoms with Crippen LogP contribution in [0.1, 0.15) is 70.7 Å². The van der Waals surface area contributed by atoms with E-state index in [0.29, 0.717) is 24.3 Å². The van der Waals surface area contributed by atoms with Crippen LogP contribution < -0.4 is 0 Å². The molecule has 0 saturated carbocycles. The summed E-state index contributed by atoms with van der Waals surface area (Å²) in [5.74, 6) is -0.631. The van der Waals surface area contributed by atoms with Crippen LogP contribution in [0.4, 0.5) is 0 Å². The number of hydrogen-bond donors (Lipinski definition) is 2. The van der Waals surface area contributed by atoms with Gasteiger partial charge in [0.25, 0.3) is 0 Å². The maximum absolute atomic E-state index is 12.2. The zero-order valence-electron chi connectivity index (χ0n) is 18.0. The molecule has 0 heterocycles. The van der Waals surface area contributed by atoms with Gasteiger partial charge in [0.15, 0.2) is 11.6 Å². The molecule has 2 aromatic rings. The zero-order chi connectivity index (χ0) is 22.0. The molecule has 0 atom stereocenters. The smallest absolute Gasteiger partial charge is 0.193 e. The molecule has 0 aliphatic heterocycles. The highest BCUT2D eigenvalue weighted by molar-refractivity contribution is 6.02. The Morgan fingerprint density at radius 2 is 1.10 bits per heavy atom. The van der Waals surface area contributed by atoms with E-state index in [0.717, 1.165) is 22.3 Å². The van der Waals surface area contributed by atoms with Gasteiger partial charge in [-0.05, 0) is 75.9 Å². The highest BCUT2D eigenvalue weighted by Gasteiger charge is 2.26. The highest BCUT2D eigenvalue weighted by atomic mass is 16.5. The van der Waals surface area contributed by atoms with E-state index >= 15 is 0 Å². The van der Waals surface area contributed by atoms with Crippen LogP contribution in [0.3, 0.4) is 0 Å². The van der Waals surface area contributed by atoms with Crippen LogP contribution in [0.2, 0.25) is 0 Å². The lowest BCUT2D eigenvalue weighted by atomic mass is 9.94. The first-order chi connectivity index (χ1) is 13.3. The van der Waals surface area contributed by atoms with Gasteiger partial charge in [-0.1, -0.05) is 24.3 Å². The monoisotopic (exact) mass is 398 g/mol. The first kappa shape index (κ1) is 22.9. The van der Waals surface area contributed by atoms with E-state index in [9.17, 15) is 19.8 Å². The Morgan fingerprint density at radius 1 is 0.759 bits per heavy atom. The topological polar surface area (TPSA) is 83.8 Å². The summed E-state index contributed by atoms with van der Waals surface area (Å²) >= 11 is 0. The van der Waals surface area contributed by atoms with Gasteiger partial charge in [-0.15, -0.1) is 0 Å². The van der Waals surface area contributed by atoms with Gasteiger partial charge in [-0.3, -0.25) is 9.59 Å². The van der Waals surface area contributed by atoms with Gasteiger partial charge >= 0.3 is 0 Å². The molecule has 2 N–H and O–H groups in total. The summed E-state index contributed by atoms with van der Waals surface area (Å²) in [5.41, 5.74) is 1.91. The summed E-state index contributed by atoms with van der Waals surface area (Å²) in [5, 5.41) is 19.8. The zero-order valence-corrected chi connectivity index (χ0v) is 18.0. The molecule has 2 aromatic carbocycles. The molecule has 0 amide bonds. The van der Waals surface area contributed by atoms with Gasteiger partial charge in [-0.25, -0.2) is 0 Å². The average molecular weight is 398 g/mol. The molecule has 0 fully saturated rings. The normalized spacial score (nSPS) is 12.1. The number of Topliss-reactive ketones (excluding diaryl/α,β-unsaturated/α-hetero) is 2. The minimum Gasteiger partial charge on any atom is -0.382 e. The van der Waals surface area contributed by atoms with Crippen LogP contribution in [0.15, 0.2) is 36.4 Å². The van der Waals surface area contributed by atoms with E-state index in [-0.39, 0.29) is 11.6 Å². The predicted molar refractivity (Wildman–Crippen MR) is 112 cm³/mol. The lowest BCUT2D eigenvalue weighted by Crippen LogP contribution is -2.31. The third-order valence-corrected chi connectivity index (χ3v) is 4.84. The van der Waals surface area contributed by atoms with Crippen molar-refractivity contribution in [2.75, 3.05) is 0 Å². The second kappa shape index (κ2) is 8.57. The van der Waals surface area contributed by atoms with Gasteiger partial charge in [0.1, 0.15) is 11.2 Å². The van der Waals surface area contributed by atoms with Crippen molar-refractivity contribution in [2.24, 2.45) is 0 Å². The van der Waals surface area contributed by atoms with E-state index in [1.54, 1.807) is 24.3 Å². The molecule has 0 spiro atoms. The van der Waals surface area contributed by atoms with Gasteiger partial charge in [0, 0.05) is 11.1 Å². The fourth-order valence-electron chi connectivity index (χ4n) is 2.98. The molecular formula is C24H30O5. The van der Waals surface area contributed by atoms with E-state index in [1.165, 1.54) is 27.7 Å². The summed E-state index contributed by atoms with van der Waals surface area (Å²) in [6.07, 6.45) is 0. The molecule has 5 heteroatoms. The Balaban J connectivity index is 2.03. The molecule has 0 bridgehead atoms. The fourth-order valence-corrected chi connectivity index (χ4v) is 2.98. The number of carbonyl (C=O) groups excluding carboxylic acids is 2. The summed E-state index contributed by atoms with van der Waals surface area (Å²) < 4.78 is 5.83. The number of hydrogen-bond acceptors (Lipinski definition) is 5. The van der Waals surface area contributed by atoms with Crippen molar-refractivity contribution in [2.45, 2.75) is 66.0 Å². The summed E-state index contributed by atoms with van der Waals surface area (Å²) in [6.45, 7) is 10.5. The second-order valence-corrected chi connectivity index (χ2v) is 8.55. The second-order valence-electron chi connectivity index (χ2n) is 8.55. The predicted octanol–water partition coefficient (Wildman–Crippen LogP) is 3.93. The van der Waals surface area contributed by atoms with Crippen molar-refractivity contribution in [3.63, 3.8) is 0 Å². The SMILES string of the molecule is Cc1cc(C(=O)C(C)(C)O)ccc1COCc1ccc(C(=O)C(C)(C)O)cc1C. The van der Waals surface area contributed by atoms with Crippen molar-refractivity contribution >= 4 is 11.6 Å². The van der Waals surface area contributed by atoms with Gasteiger partial charge in [-0.2, -0.15) is 0 Å². The van der Waals surface area contributed by atoms with Gasteiger partial charge in [0.05, 0.1) is 13.2 Å². The molecule has 0 aromatic heterocycles. The standard InChI is InChI=1S/C24H30O5/c1-15-11-17(21(25)23(3,4)27)7-9-19(15)13-29-14-20-10-8-18(12-16(20)2)22(26)24(5,6)28/h7-12,27-28H,13-14H2,1-6H3. The van der Waals surface area contributed by atoms with Gasteiger partial charge < -0.3 is 14.9 Å². The fraction of sp³-hybridized carbons (Fsp3) is 0.417. The molecule has 5 nitrogen and oxygen atoms in total. The lowest BCUT2D eigenvalue weighted by molar-refractivity contribution is 0.0487. The minimum atomic E-state index is -1.40. The first-order valence-electron chi connectivity index (χ1n) is 9.62. The van der Waals surface area contributed by atoms with E-state index in [2.05, 4.69) is 0 Å². The first-order valence-corrected chi connectivity index (χ1v) is 9.62. The van der Waals surface area contributed by atoms with Gasteiger partial charge in [0.2, 0.25) is 0 Å². The maximum Gasteiger partial charge on any atom is 0.193 e. The van der Waals surface area contributed by atoms with Crippen LogP contribution in [-0.4, -0.2) is 33.0 Å². The number of aliphatic hydroxyl groups is 2.